The molecule has 2 aromatic carbocycles. The van der Waals surface area contributed by atoms with Crippen LogP contribution in [0.4, 0.5) is 17.1 Å². The quantitative estimate of drug-likeness (QED) is 0.477. The lowest BCUT2D eigenvalue weighted by Gasteiger charge is -2.15. The van der Waals surface area contributed by atoms with Gasteiger partial charge in [0.1, 0.15) is 16.7 Å². The van der Waals surface area contributed by atoms with Crippen molar-refractivity contribution in [2.75, 3.05) is 12.4 Å². The molecule has 1 unspecified atom stereocenters. The number of ether oxygens (including phenoxy) is 1. The molecule has 0 aromatic heterocycles. The maximum Gasteiger partial charge on any atom is 0.296 e. The molecular formula is C23H24N4O5S. The van der Waals surface area contributed by atoms with Gasteiger partial charge < -0.3 is 10.1 Å². The lowest BCUT2D eigenvalue weighted by Crippen LogP contribution is -2.35. The number of methoxy groups -OCH3 is 1. The first kappa shape index (κ1) is 22.8. The third-order valence-electron chi connectivity index (χ3n) is 5.51. The lowest BCUT2D eigenvalue weighted by molar-refractivity contribution is -0.384. The van der Waals surface area contributed by atoms with E-state index in [1.54, 1.807) is 4.90 Å². The Morgan fingerprint density at radius 1 is 1.27 bits per heavy atom. The number of rotatable bonds is 7. The Bertz CT molecular complexity index is 1160. The minimum absolute atomic E-state index is 0.0598. The minimum Gasteiger partial charge on any atom is -0.496 e. The molecule has 10 heteroatoms. The van der Waals surface area contributed by atoms with Crippen LogP contribution < -0.4 is 10.1 Å². The van der Waals surface area contributed by atoms with E-state index < -0.39 is 16.1 Å². The molecule has 172 valence electrons. The number of amides is 2. The molecule has 0 spiro atoms. The van der Waals surface area contributed by atoms with Gasteiger partial charge in [-0.15, -0.1) is 0 Å². The van der Waals surface area contributed by atoms with Crippen molar-refractivity contribution in [1.82, 2.24) is 4.90 Å². The van der Waals surface area contributed by atoms with Crippen LogP contribution in [-0.2, 0) is 9.59 Å². The zero-order chi connectivity index (χ0) is 23.7. The first-order chi connectivity index (χ1) is 15.8. The van der Waals surface area contributed by atoms with Gasteiger partial charge in [0.05, 0.1) is 23.8 Å². The highest BCUT2D eigenvalue weighted by Crippen LogP contribution is 2.40. The van der Waals surface area contributed by atoms with E-state index in [1.165, 1.54) is 37.1 Å². The standard InChI is InChI=1S/C23H24N4O5S/c1-13-4-5-14(2)18(10-13)25-23-26(15-6-7-15)22(29)20(33-23)12-21(28)24-17-9-8-16(32-3)11-19(17)27(30)31/h4-5,8-11,15,20H,6-7,12H2,1-3H3,(H,24,28). The summed E-state index contributed by atoms with van der Waals surface area (Å²) in [5, 5.41) is 13.9. The van der Waals surface area contributed by atoms with Crippen molar-refractivity contribution in [3.8, 4) is 5.75 Å². The maximum atomic E-state index is 13.1. The third-order valence-corrected chi connectivity index (χ3v) is 6.66. The van der Waals surface area contributed by atoms with E-state index >= 15 is 0 Å². The van der Waals surface area contributed by atoms with E-state index in [0.29, 0.717) is 10.9 Å². The number of nitro benzene ring substituents is 1. The minimum atomic E-state index is -0.633. The summed E-state index contributed by atoms with van der Waals surface area (Å²) in [6.07, 6.45) is 1.71. The van der Waals surface area contributed by atoms with Gasteiger partial charge in [0, 0.05) is 12.5 Å². The highest BCUT2D eigenvalue weighted by Gasteiger charge is 2.46. The topological polar surface area (TPSA) is 114 Å². The largest absolute Gasteiger partial charge is 0.496 e. The van der Waals surface area contributed by atoms with E-state index in [0.717, 1.165) is 29.7 Å². The number of hydrogen-bond acceptors (Lipinski definition) is 7. The molecule has 1 atom stereocenters. The Kier molecular flexibility index (Phi) is 6.37. The normalized spacial score (nSPS) is 19.1. The van der Waals surface area contributed by atoms with Crippen molar-refractivity contribution in [3.05, 3.63) is 57.6 Å². The van der Waals surface area contributed by atoms with Crippen LogP contribution in [0, 0.1) is 24.0 Å². The van der Waals surface area contributed by atoms with Crippen LogP contribution in [0.25, 0.3) is 0 Å². The molecule has 9 nitrogen and oxygen atoms in total. The maximum absolute atomic E-state index is 13.1. The Morgan fingerprint density at radius 2 is 2.03 bits per heavy atom. The summed E-state index contributed by atoms with van der Waals surface area (Å²) in [5.41, 5.74) is 2.67. The van der Waals surface area contributed by atoms with Crippen molar-refractivity contribution in [2.24, 2.45) is 4.99 Å². The number of amidine groups is 1. The number of nitrogens with one attached hydrogen (secondary N) is 1. The SMILES string of the molecule is COc1ccc(NC(=O)CC2SC(=Nc3cc(C)ccc3C)N(C3CC3)C2=O)c([N+](=O)[O-])c1. The van der Waals surface area contributed by atoms with Gasteiger partial charge >= 0.3 is 0 Å². The summed E-state index contributed by atoms with van der Waals surface area (Å²) < 4.78 is 5.02. The summed E-state index contributed by atoms with van der Waals surface area (Å²) in [6.45, 7) is 3.95. The van der Waals surface area contributed by atoms with Gasteiger partial charge in [0.15, 0.2) is 5.17 Å². The molecule has 1 saturated carbocycles. The summed E-state index contributed by atoms with van der Waals surface area (Å²) in [4.78, 5) is 43.1. The van der Waals surface area contributed by atoms with E-state index in [9.17, 15) is 19.7 Å². The fraction of sp³-hybridized carbons (Fsp3) is 0.348. The van der Waals surface area contributed by atoms with Gasteiger partial charge in [0.2, 0.25) is 11.8 Å². The van der Waals surface area contributed by atoms with Gasteiger partial charge in [-0.2, -0.15) is 0 Å². The highest BCUT2D eigenvalue weighted by molar-refractivity contribution is 8.15. The molecule has 1 saturated heterocycles. The number of nitrogens with zero attached hydrogens (tertiary/aromatic N) is 3. The number of carbonyl (C=O) groups is 2. The Balaban J connectivity index is 1.52. The van der Waals surface area contributed by atoms with Crippen LogP contribution in [0.2, 0.25) is 0 Å². The second-order valence-electron chi connectivity index (χ2n) is 8.12. The number of aryl methyl sites for hydroxylation is 2. The number of hydrogen-bond donors (Lipinski definition) is 1. The van der Waals surface area contributed by atoms with Crippen LogP contribution in [0.3, 0.4) is 0 Å². The van der Waals surface area contributed by atoms with Crippen molar-refractivity contribution < 1.29 is 19.2 Å². The fourth-order valence-electron chi connectivity index (χ4n) is 3.57. The number of nitro groups is 1. The summed E-state index contributed by atoms with van der Waals surface area (Å²) in [7, 11) is 1.41. The molecule has 0 radical (unpaired) electrons. The van der Waals surface area contributed by atoms with Crippen LogP contribution in [0.1, 0.15) is 30.4 Å². The van der Waals surface area contributed by atoms with Crippen LogP contribution in [-0.4, -0.2) is 45.2 Å². The summed E-state index contributed by atoms with van der Waals surface area (Å²) in [5.74, 6) is -0.308. The Labute approximate surface area is 195 Å². The smallest absolute Gasteiger partial charge is 0.296 e. The van der Waals surface area contributed by atoms with Gasteiger partial charge in [0.25, 0.3) is 5.69 Å². The fourth-order valence-corrected chi connectivity index (χ4v) is 4.78. The molecule has 2 aliphatic rings. The second kappa shape index (κ2) is 9.22. The molecule has 2 aromatic rings. The van der Waals surface area contributed by atoms with E-state index in [4.69, 9.17) is 9.73 Å². The highest BCUT2D eigenvalue weighted by atomic mass is 32.2. The van der Waals surface area contributed by atoms with Gasteiger partial charge in [-0.3, -0.25) is 24.6 Å². The predicted octanol–water partition coefficient (Wildman–Crippen LogP) is 4.34. The number of aliphatic imine (C=N–C) groups is 1. The van der Waals surface area contributed by atoms with Gasteiger partial charge in [-0.25, -0.2) is 4.99 Å². The zero-order valence-corrected chi connectivity index (χ0v) is 19.3. The monoisotopic (exact) mass is 468 g/mol. The molecule has 2 amide bonds. The molecule has 2 fully saturated rings. The molecule has 1 heterocycles. The van der Waals surface area contributed by atoms with E-state index in [2.05, 4.69) is 5.32 Å². The van der Waals surface area contributed by atoms with Crippen LogP contribution in [0.5, 0.6) is 5.75 Å². The Hall–Kier alpha value is -3.40. The van der Waals surface area contributed by atoms with Crippen molar-refractivity contribution in [3.63, 3.8) is 0 Å². The molecule has 1 N–H and O–H groups in total. The number of carbonyl (C=O) groups excluding carboxylic acids is 2. The van der Waals surface area contributed by atoms with E-state index in [1.807, 2.05) is 32.0 Å². The first-order valence-corrected chi connectivity index (χ1v) is 11.4. The molecular weight excluding hydrogens is 444 g/mol. The molecule has 33 heavy (non-hydrogen) atoms. The summed E-state index contributed by atoms with van der Waals surface area (Å²) >= 11 is 1.27. The predicted molar refractivity (Wildman–Crippen MR) is 127 cm³/mol. The van der Waals surface area contributed by atoms with Crippen LogP contribution in [0.15, 0.2) is 41.4 Å². The second-order valence-corrected chi connectivity index (χ2v) is 9.29. The van der Waals surface area contributed by atoms with Gasteiger partial charge in [-0.1, -0.05) is 23.9 Å². The number of anilines is 1. The number of thioether (sulfide) groups is 1. The van der Waals surface area contributed by atoms with Gasteiger partial charge in [-0.05, 0) is 56.0 Å². The third kappa shape index (κ3) is 5.00. The average Bonchev–Trinajstić information content (AvgIpc) is 3.56. The molecule has 1 aliphatic carbocycles. The van der Waals surface area contributed by atoms with Crippen molar-refractivity contribution in [1.29, 1.82) is 0 Å². The lowest BCUT2D eigenvalue weighted by atomic mass is 10.1. The zero-order valence-electron chi connectivity index (χ0n) is 18.5. The number of benzene rings is 2. The average molecular weight is 469 g/mol. The van der Waals surface area contributed by atoms with Crippen molar-refractivity contribution >= 4 is 45.8 Å². The molecule has 1 aliphatic heterocycles. The molecule has 4 rings (SSSR count). The van der Waals surface area contributed by atoms with E-state index in [-0.39, 0.29) is 29.7 Å². The Morgan fingerprint density at radius 3 is 2.70 bits per heavy atom. The van der Waals surface area contributed by atoms with Crippen molar-refractivity contribution in [2.45, 2.75) is 44.4 Å². The summed E-state index contributed by atoms with van der Waals surface area (Å²) in [6, 6.07) is 10.3. The first-order valence-electron chi connectivity index (χ1n) is 10.5. The van der Waals surface area contributed by atoms with Crippen LogP contribution >= 0.6 is 11.8 Å². The molecule has 0 bridgehead atoms.